The number of amides is 1. The van der Waals surface area contributed by atoms with Gasteiger partial charge in [-0.25, -0.2) is 9.97 Å². The summed E-state index contributed by atoms with van der Waals surface area (Å²) in [5, 5.41) is 3.06. The summed E-state index contributed by atoms with van der Waals surface area (Å²) in [5.41, 5.74) is 3.12. The summed E-state index contributed by atoms with van der Waals surface area (Å²) in [7, 11) is 0. The Labute approximate surface area is 183 Å². The Bertz CT molecular complexity index is 1040. The zero-order valence-electron chi connectivity index (χ0n) is 18.0. The summed E-state index contributed by atoms with van der Waals surface area (Å²) >= 11 is 0. The van der Waals surface area contributed by atoms with Gasteiger partial charge in [-0.2, -0.15) is 0 Å². The number of nitrogens with zero attached hydrogens (tertiary/aromatic N) is 3. The summed E-state index contributed by atoms with van der Waals surface area (Å²) in [6.07, 6.45) is 6.04. The first-order chi connectivity index (χ1) is 15.1. The number of nitrogens with one attached hydrogen (secondary N) is 1. The maximum atomic E-state index is 12.9. The number of benzene rings is 2. The Balaban J connectivity index is 1.47. The van der Waals surface area contributed by atoms with Crippen LogP contribution in [0.25, 0.3) is 0 Å². The lowest BCUT2D eigenvalue weighted by atomic mass is 9.97. The summed E-state index contributed by atoms with van der Waals surface area (Å²) in [5.74, 6) is 1.82. The van der Waals surface area contributed by atoms with Gasteiger partial charge in [-0.3, -0.25) is 4.79 Å². The molecule has 160 valence electrons. The number of rotatable bonds is 6. The summed E-state index contributed by atoms with van der Waals surface area (Å²) in [6, 6.07) is 15.9. The van der Waals surface area contributed by atoms with Crippen molar-refractivity contribution in [3.8, 4) is 11.6 Å². The number of aryl methyl sites for hydroxylation is 2. The Kier molecular flexibility index (Phi) is 6.46. The van der Waals surface area contributed by atoms with Crippen LogP contribution in [0, 0.1) is 12.8 Å². The first kappa shape index (κ1) is 20.8. The summed E-state index contributed by atoms with van der Waals surface area (Å²) < 4.78 is 6.09. The third-order valence-corrected chi connectivity index (χ3v) is 5.67. The second kappa shape index (κ2) is 9.60. The lowest BCUT2D eigenvalue weighted by molar-refractivity contribution is -0.120. The average Bonchev–Trinajstić information content (AvgIpc) is 2.81. The number of para-hydroxylation sites is 1. The molecule has 1 fully saturated rings. The number of hydrogen-bond donors (Lipinski definition) is 1. The third kappa shape index (κ3) is 5.02. The zero-order chi connectivity index (χ0) is 21.6. The molecule has 1 atom stereocenters. The number of anilines is 2. The Hall–Kier alpha value is -3.41. The molecule has 4 rings (SSSR count). The lowest BCUT2D eigenvalue weighted by Gasteiger charge is -2.33. The summed E-state index contributed by atoms with van der Waals surface area (Å²) in [4.78, 5) is 24.0. The van der Waals surface area contributed by atoms with Gasteiger partial charge < -0.3 is 15.0 Å². The molecule has 2 heterocycles. The van der Waals surface area contributed by atoms with E-state index in [0.29, 0.717) is 18.2 Å². The monoisotopic (exact) mass is 416 g/mol. The topological polar surface area (TPSA) is 67.4 Å². The fourth-order valence-electron chi connectivity index (χ4n) is 3.83. The van der Waals surface area contributed by atoms with Gasteiger partial charge in [0.25, 0.3) is 5.88 Å². The first-order valence-corrected chi connectivity index (χ1v) is 10.8. The molecule has 31 heavy (non-hydrogen) atoms. The van der Waals surface area contributed by atoms with E-state index in [0.717, 1.165) is 42.8 Å². The Morgan fingerprint density at radius 3 is 2.68 bits per heavy atom. The number of aromatic nitrogens is 2. The standard InChI is InChI=1S/C25H28N4O2/c1-3-19-10-12-21(13-11-19)28-24(30)20-8-6-16-29(17-20)23-25(27-15-14-26-23)31-22-9-5-4-7-18(22)2/h4-5,7,9-15,20H,3,6,8,16-17H2,1-2H3,(H,28,30)/t20-/m0/s1. The highest BCUT2D eigenvalue weighted by atomic mass is 16.5. The minimum atomic E-state index is -0.118. The van der Waals surface area contributed by atoms with Crippen LogP contribution >= 0.6 is 0 Å². The van der Waals surface area contributed by atoms with Crippen LogP contribution in [-0.2, 0) is 11.2 Å². The van der Waals surface area contributed by atoms with Crippen molar-refractivity contribution in [2.75, 3.05) is 23.3 Å². The number of hydrogen-bond acceptors (Lipinski definition) is 5. The maximum Gasteiger partial charge on any atom is 0.263 e. The molecule has 0 radical (unpaired) electrons. The predicted octanol–water partition coefficient (Wildman–Crippen LogP) is 4.99. The van der Waals surface area contributed by atoms with Crippen LogP contribution in [0.3, 0.4) is 0 Å². The fourth-order valence-corrected chi connectivity index (χ4v) is 3.83. The van der Waals surface area contributed by atoms with Gasteiger partial charge in [0, 0.05) is 31.2 Å². The molecule has 2 aromatic carbocycles. The molecule has 3 aromatic rings. The lowest BCUT2D eigenvalue weighted by Crippen LogP contribution is -2.41. The van der Waals surface area contributed by atoms with Crippen molar-refractivity contribution in [3.63, 3.8) is 0 Å². The highest BCUT2D eigenvalue weighted by Crippen LogP contribution is 2.32. The van der Waals surface area contributed by atoms with Gasteiger partial charge in [0.1, 0.15) is 5.75 Å². The smallest absolute Gasteiger partial charge is 0.263 e. The van der Waals surface area contributed by atoms with Crippen LogP contribution < -0.4 is 15.0 Å². The molecule has 6 heteroatoms. The van der Waals surface area contributed by atoms with Gasteiger partial charge in [0.05, 0.1) is 5.92 Å². The van der Waals surface area contributed by atoms with E-state index in [2.05, 4.69) is 39.2 Å². The van der Waals surface area contributed by atoms with Crippen LogP contribution in [0.15, 0.2) is 60.9 Å². The molecule has 1 saturated heterocycles. The van der Waals surface area contributed by atoms with Gasteiger partial charge in [-0.15, -0.1) is 0 Å². The van der Waals surface area contributed by atoms with Crippen molar-refractivity contribution < 1.29 is 9.53 Å². The van der Waals surface area contributed by atoms with E-state index in [9.17, 15) is 4.79 Å². The second-order valence-corrected chi connectivity index (χ2v) is 7.88. The van der Waals surface area contributed by atoms with Crippen LogP contribution in [-0.4, -0.2) is 29.0 Å². The van der Waals surface area contributed by atoms with Gasteiger partial charge in [0.15, 0.2) is 5.82 Å². The third-order valence-electron chi connectivity index (χ3n) is 5.67. The highest BCUT2D eigenvalue weighted by molar-refractivity contribution is 5.93. The van der Waals surface area contributed by atoms with Crippen molar-refractivity contribution in [2.45, 2.75) is 33.1 Å². The predicted molar refractivity (Wildman–Crippen MR) is 123 cm³/mol. The van der Waals surface area contributed by atoms with Gasteiger partial charge in [0.2, 0.25) is 5.91 Å². The molecule has 1 aromatic heterocycles. The molecule has 1 aliphatic rings. The van der Waals surface area contributed by atoms with E-state index in [-0.39, 0.29) is 11.8 Å². The van der Waals surface area contributed by atoms with E-state index in [1.54, 1.807) is 12.4 Å². The highest BCUT2D eigenvalue weighted by Gasteiger charge is 2.28. The quantitative estimate of drug-likeness (QED) is 0.613. The normalized spacial score (nSPS) is 16.1. The molecular weight excluding hydrogens is 388 g/mol. The molecule has 1 aliphatic heterocycles. The van der Waals surface area contributed by atoms with E-state index in [1.165, 1.54) is 5.56 Å². The molecule has 0 spiro atoms. The Morgan fingerprint density at radius 1 is 1.13 bits per heavy atom. The van der Waals surface area contributed by atoms with Crippen molar-refractivity contribution in [3.05, 3.63) is 72.1 Å². The van der Waals surface area contributed by atoms with Gasteiger partial charge in [-0.05, 0) is 55.5 Å². The van der Waals surface area contributed by atoms with E-state index < -0.39 is 0 Å². The van der Waals surface area contributed by atoms with Gasteiger partial charge >= 0.3 is 0 Å². The van der Waals surface area contributed by atoms with Crippen molar-refractivity contribution in [2.24, 2.45) is 5.92 Å². The van der Waals surface area contributed by atoms with Crippen LogP contribution in [0.4, 0.5) is 11.5 Å². The van der Waals surface area contributed by atoms with Crippen molar-refractivity contribution >= 4 is 17.4 Å². The molecular formula is C25H28N4O2. The average molecular weight is 417 g/mol. The van der Waals surface area contributed by atoms with E-state index >= 15 is 0 Å². The van der Waals surface area contributed by atoms with E-state index in [4.69, 9.17) is 4.74 Å². The van der Waals surface area contributed by atoms with Crippen LogP contribution in [0.5, 0.6) is 11.6 Å². The van der Waals surface area contributed by atoms with E-state index in [1.807, 2.05) is 43.3 Å². The van der Waals surface area contributed by atoms with Crippen LogP contribution in [0.1, 0.15) is 30.9 Å². The molecule has 0 bridgehead atoms. The van der Waals surface area contributed by atoms with Crippen molar-refractivity contribution in [1.82, 2.24) is 9.97 Å². The summed E-state index contributed by atoms with van der Waals surface area (Å²) in [6.45, 7) is 5.52. The molecule has 1 amide bonds. The van der Waals surface area contributed by atoms with Crippen molar-refractivity contribution in [1.29, 1.82) is 0 Å². The van der Waals surface area contributed by atoms with Gasteiger partial charge in [-0.1, -0.05) is 37.3 Å². The first-order valence-electron chi connectivity index (χ1n) is 10.8. The largest absolute Gasteiger partial charge is 0.436 e. The SMILES string of the molecule is CCc1ccc(NC(=O)[C@H]2CCCN(c3nccnc3Oc3ccccc3C)C2)cc1. The molecule has 1 N–H and O–H groups in total. The molecule has 6 nitrogen and oxygen atoms in total. The minimum Gasteiger partial charge on any atom is -0.436 e. The molecule has 0 saturated carbocycles. The maximum absolute atomic E-state index is 12.9. The number of piperidine rings is 1. The number of carbonyl (C=O) groups is 1. The Morgan fingerprint density at radius 2 is 1.90 bits per heavy atom. The molecule has 0 unspecified atom stereocenters. The zero-order valence-corrected chi connectivity index (χ0v) is 18.0. The molecule has 0 aliphatic carbocycles. The second-order valence-electron chi connectivity index (χ2n) is 7.88. The minimum absolute atomic E-state index is 0.0409. The number of ether oxygens (including phenoxy) is 1. The fraction of sp³-hybridized carbons (Fsp3) is 0.320. The number of carbonyl (C=O) groups excluding carboxylic acids is 1. The van der Waals surface area contributed by atoms with Crippen LogP contribution in [0.2, 0.25) is 0 Å².